The summed E-state index contributed by atoms with van der Waals surface area (Å²) in [5, 5.41) is 2.74. The lowest BCUT2D eigenvalue weighted by Gasteiger charge is -2.16. The van der Waals surface area contributed by atoms with Crippen LogP contribution in [0.1, 0.15) is 13.3 Å². The van der Waals surface area contributed by atoms with E-state index in [4.69, 9.17) is 5.73 Å². The zero-order valence-electron chi connectivity index (χ0n) is 12.2. The Morgan fingerprint density at radius 3 is 2.76 bits per heavy atom. The van der Waals surface area contributed by atoms with Gasteiger partial charge in [-0.2, -0.15) is 0 Å². The molecule has 0 spiro atoms. The molecular weight excluding hydrogens is 354 g/mol. The number of likely N-dealkylation sites (N-methyl/N-ethyl adjacent to an activating group) is 1. The molecule has 7 heteroatoms. The van der Waals surface area contributed by atoms with Crippen LogP contribution >= 0.6 is 27.7 Å². The molecule has 0 fully saturated rings. The minimum absolute atomic E-state index is 0.0786. The standard InChI is InChI=1S/C14H20BrN3O2S/c1-3-6-17-13(19)8-18(2)14(20)9-21-12-5-4-10(15)7-11(12)16/h4-5,7H,3,6,8-9,16H2,1-2H3,(H,17,19). The number of carbonyl (C=O) groups excluding carboxylic acids is 2. The highest BCUT2D eigenvalue weighted by Gasteiger charge is 2.13. The first kappa shape index (κ1) is 17.8. The van der Waals surface area contributed by atoms with Crippen LogP contribution in [-0.2, 0) is 9.59 Å². The van der Waals surface area contributed by atoms with Crippen molar-refractivity contribution in [2.45, 2.75) is 18.2 Å². The maximum atomic E-state index is 12.0. The van der Waals surface area contributed by atoms with Gasteiger partial charge in [0.2, 0.25) is 11.8 Å². The quantitative estimate of drug-likeness (QED) is 0.566. The fraction of sp³-hybridized carbons (Fsp3) is 0.429. The molecule has 0 aromatic heterocycles. The van der Waals surface area contributed by atoms with Gasteiger partial charge in [0.05, 0.1) is 12.3 Å². The Bertz CT molecular complexity index is 511. The van der Waals surface area contributed by atoms with Crippen LogP contribution in [-0.4, -0.2) is 42.6 Å². The van der Waals surface area contributed by atoms with Crippen LogP contribution in [0, 0.1) is 0 Å². The summed E-state index contributed by atoms with van der Waals surface area (Å²) < 4.78 is 0.903. The molecule has 0 aliphatic carbocycles. The summed E-state index contributed by atoms with van der Waals surface area (Å²) in [6, 6.07) is 5.55. The highest BCUT2D eigenvalue weighted by Crippen LogP contribution is 2.27. The second kappa shape index (κ2) is 8.94. The smallest absolute Gasteiger partial charge is 0.239 e. The molecule has 21 heavy (non-hydrogen) atoms. The Hall–Kier alpha value is -1.21. The van der Waals surface area contributed by atoms with E-state index in [-0.39, 0.29) is 24.1 Å². The van der Waals surface area contributed by atoms with Crippen molar-refractivity contribution in [1.82, 2.24) is 10.2 Å². The van der Waals surface area contributed by atoms with E-state index in [1.807, 2.05) is 19.1 Å². The lowest BCUT2D eigenvalue weighted by atomic mass is 10.3. The van der Waals surface area contributed by atoms with Crippen molar-refractivity contribution >= 4 is 45.2 Å². The van der Waals surface area contributed by atoms with Gasteiger partial charge < -0.3 is 16.0 Å². The number of carbonyl (C=O) groups is 2. The third-order valence-electron chi connectivity index (χ3n) is 2.70. The largest absolute Gasteiger partial charge is 0.398 e. The van der Waals surface area contributed by atoms with Crippen LogP contribution in [0.3, 0.4) is 0 Å². The van der Waals surface area contributed by atoms with Crippen molar-refractivity contribution < 1.29 is 9.59 Å². The van der Waals surface area contributed by atoms with E-state index in [9.17, 15) is 9.59 Å². The van der Waals surface area contributed by atoms with Crippen LogP contribution in [0.25, 0.3) is 0 Å². The zero-order valence-corrected chi connectivity index (χ0v) is 14.6. The Labute approximate surface area is 137 Å². The molecule has 1 aromatic rings. The minimum atomic E-state index is -0.138. The van der Waals surface area contributed by atoms with Gasteiger partial charge in [-0.1, -0.05) is 22.9 Å². The average molecular weight is 374 g/mol. The van der Waals surface area contributed by atoms with E-state index in [0.717, 1.165) is 15.8 Å². The van der Waals surface area contributed by atoms with Crippen LogP contribution in [0.5, 0.6) is 0 Å². The molecule has 1 rings (SSSR count). The van der Waals surface area contributed by atoms with Gasteiger partial charge >= 0.3 is 0 Å². The van der Waals surface area contributed by atoms with Gasteiger partial charge in [0, 0.05) is 28.6 Å². The number of nitrogens with one attached hydrogen (secondary N) is 1. The van der Waals surface area contributed by atoms with Gasteiger partial charge in [-0.05, 0) is 24.6 Å². The van der Waals surface area contributed by atoms with Crippen LogP contribution in [0.4, 0.5) is 5.69 Å². The first-order valence-electron chi connectivity index (χ1n) is 6.62. The number of anilines is 1. The number of nitrogens with two attached hydrogens (primary N) is 1. The SMILES string of the molecule is CCCNC(=O)CN(C)C(=O)CSc1ccc(Br)cc1N. The van der Waals surface area contributed by atoms with Gasteiger partial charge in [0.1, 0.15) is 0 Å². The lowest BCUT2D eigenvalue weighted by Crippen LogP contribution is -2.39. The lowest BCUT2D eigenvalue weighted by molar-refractivity contribution is -0.132. The Kier molecular flexibility index (Phi) is 7.60. The van der Waals surface area contributed by atoms with Crippen molar-refractivity contribution in [2.24, 2.45) is 0 Å². The van der Waals surface area contributed by atoms with E-state index in [1.54, 1.807) is 13.1 Å². The van der Waals surface area contributed by atoms with E-state index in [0.29, 0.717) is 12.2 Å². The number of amides is 2. The molecular formula is C14H20BrN3O2S. The summed E-state index contributed by atoms with van der Waals surface area (Å²) in [4.78, 5) is 25.8. The van der Waals surface area contributed by atoms with Gasteiger partial charge in [-0.15, -0.1) is 11.8 Å². The highest BCUT2D eigenvalue weighted by molar-refractivity contribution is 9.10. The summed E-state index contributed by atoms with van der Waals surface area (Å²) in [7, 11) is 1.62. The first-order valence-corrected chi connectivity index (χ1v) is 8.40. The van der Waals surface area contributed by atoms with E-state index in [2.05, 4.69) is 21.2 Å². The van der Waals surface area contributed by atoms with E-state index < -0.39 is 0 Å². The maximum Gasteiger partial charge on any atom is 0.239 e. The third-order valence-corrected chi connectivity index (χ3v) is 4.27. The van der Waals surface area contributed by atoms with E-state index >= 15 is 0 Å². The summed E-state index contributed by atoms with van der Waals surface area (Å²) in [5.74, 6) is 0.0125. The molecule has 0 aliphatic heterocycles. The summed E-state index contributed by atoms with van der Waals surface area (Å²) >= 11 is 4.71. The maximum absolute atomic E-state index is 12.0. The molecule has 0 aliphatic rings. The number of halogens is 1. The van der Waals surface area contributed by atoms with Gasteiger partial charge in [0.15, 0.2) is 0 Å². The highest BCUT2D eigenvalue weighted by atomic mass is 79.9. The Morgan fingerprint density at radius 1 is 1.43 bits per heavy atom. The van der Waals surface area contributed by atoms with Crippen molar-refractivity contribution in [2.75, 3.05) is 31.6 Å². The molecule has 0 unspecified atom stereocenters. The number of nitrogen functional groups attached to an aromatic ring is 1. The minimum Gasteiger partial charge on any atom is -0.398 e. The number of benzene rings is 1. The summed E-state index contributed by atoms with van der Waals surface area (Å²) in [6.07, 6.45) is 0.877. The third kappa shape index (κ3) is 6.39. The monoisotopic (exact) mass is 373 g/mol. The molecule has 0 saturated carbocycles. The number of hydrogen-bond donors (Lipinski definition) is 2. The van der Waals surface area contributed by atoms with Crippen molar-refractivity contribution in [3.05, 3.63) is 22.7 Å². The molecule has 0 heterocycles. The second-order valence-corrected chi connectivity index (χ2v) is 6.50. The zero-order chi connectivity index (χ0) is 15.8. The number of hydrogen-bond acceptors (Lipinski definition) is 4. The Morgan fingerprint density at radius 2 is 2.14 bits per heavy atom. The van der Waals surface area contributed by atoms with Crippen molar-refractivity contribution in [3.63, 3.8) is 0 Å². The molecule has 116 valence electrons. The molecule has 0 bridgehead atoms. The second-order valence-electron chi connectivity index (χ2n) is 4.57. The average Bonchev–Trinajstić information content (AvgIpc) is 2.43. The van der Waals surface area contributed by atoms with Gasteiger partial charge in [0.25, 0.3) is 0 Å². The van der Waals surface area contributed by atoms with Crippen LogP contribution in [0.2, 0.25) is 0 Å². The van der Waals surface area contributed by atoms with Crippen molar-refractivity contribution in [1.29, 1.82) is 0 Å². The molecule has 1 aromatic carbocycles. The van der Waals surface area contributed by atoms with Crippen LogP contribution < -0.4 is 11.1 Å². The normalized spacial score (nSPS) is 10.2. The molecule has 0 radical (unpaired) electrons. The number of thioether (sulfide) groups is 1. The topological polar surface area (TPSA) is 75.4 Å². The molecule has 0 saturated heterocycles. The Balaban J connectivity index is 2.43. The fourth-order valence-corrected chi connectivity index (χ4v) is 2.79. The summed E-state index contributed by atoms with van der Waals surface area (Å²) in [6.45, 7) is 2.69. The predicted molar refractivity (Wildman–Crippen MR) is 90.2 cm³/mol. The molecule has 5 nitrogen and oxygen atoms in total. The molecule has 0 atom stereocenters. The summed E-state index contributed by atoms with van der Waals surface area (Å²) in [5.41, 5.74) is 6.51. The van der Waals surface area contributed by atoms with E-state index in [1.165, 1.54) is 16.7 Å². The fourth-order valence-electron chi connectivity index (χ4n) is 1.52. The number of rotatable bonds is 7. The van der Waals surface area contributed by atoms with Gasteiger partial charge in [-0.3, -0.25) is 9.59 Å². The number of nitrogens with zero attached hydrogens (tertiary/aromatic N) is 1. The molecule has 2 amide bonds. The molecule has 3 N–H and O–H groups in total. The van der Waals surface area contributed by atoms with Gasteiger partial charge in [-0.25, -0.2) is 0 Å². The first-order chi connectivity index (χ1) is 9.93. The van der Waals surface area contributed by atoms with Crippen molar-refractivity contribution in [3.8, 4) is 0 Å². The van der Waals surface area contributed by atoms with Crippen LogP contribution in [0.15, 0.2) is 27.6 Å². The predicted octanol–water partition coefficient (Wildman–Crippen LogP) is 2.11.